The van der Waals surface area contributed by atoms with Crippen LogP contribution in [0.1, 0.15) is 31.1 Å². The summed E-state index contributed by atoms with van der Waals surface area (Å²) in [4.78, 5) is 14.6. The van der Waals surface area contributed by atoms with Crippen molar-refractivity contribution < 1.29 is 17.9 Å². The van der Waals surface area contributed by atoms with Crippen LogP contribution in [0.2, 0.25) is 0 Å². The van der Waals surface area contributed by atoms with Crippen LogP contribution in [0.5, 0.6) is 5.75 Å². The Morgan fingerprint density at radius 2 is 1.88 bits per heavy atom. The second kappa shape index (κ2) is 8.37. The van der Waals surface area contributed by atoms with E-state index in [4.69, 9.17) is 4.74 Å². The molecule has 1 aromatic rings. The summed E-state index contributed by atoms with van der Waals surface area (Å²) in [7, 11) is -0.564. The summed E-state index contributed by atoms with van der Waals surface area (Å²) < 4.78 is 33.7. The molecule has 1 aliphatic rings. The number of benzene rings is 1. The number of likely N-dealkylation sites (tertiary alicyclic amines) is 1. The maximum absolute atomic E-state index is 12.8. The van der Waals surface area contributed by atoms with E-state index in [1.807, 2.05) is 20.8 Å². The third-order valence-electron chi connectivity index (χ3n) is 4.70. The zero-order valence-electron chi connectivity index (χ0n) is 16.1. The highest BCUT2D eigenvalue weighted by Crippen LogP contribution is 2.27. The molecule has 2 atom stereocenters. The van der Waals surface area contributed by atoms with E-state index in [-0.39, 0.29) is 23.8 Å². The number of ether oxygens (including phenoxy) is 1. The van der Waals surface area contributed by atoms with Crippen molar-refractivity contribution in [2.45, 2.75) is 26.8 Å². The van der Waals surface area contributed by atoms with Gasteiger partial charge in [-0.25, -0.2) is 0 Å². The van der Waals surface area contributed by atoms with Crippen molar-refractivity contribution >= 4 is 16.1 Å². The predicted octanol–water partition coefficient (Wildman–Crippen LogP) is 1.58. The topological polar surface area (TPSA) is 79.0 Å². The molecular weight excluding hydrogens is 354 g/mol. The summed E-state index contributed by atoms with van der Waals surface area (Å²) in [6.07, 6.45) is 0. The van der Waals surface area contributed by atoms with E-state index < -0.39 is 10.2 Å². The van der Waals surface area contributed by atoms with Gasteiger partial charge in [0.1, 0.15) is 5.75 Å². The molecule has 8 heteroatoms. The largest absolute Gasteiger partial charge is 0.494 e. The summed E-state index contributed by atoms with van der Waals surface area (Å²) in [5, 5.41) is 0. The van der Waals surface area contributed by atoms with Crippen molar-refractivity contribution in [1.82, 2.24) is 13.9 Å². The third-order valence-corrected chi connectivity index (χ3v) is 6.26. The minimum absolute atomic E-state index is 0.0661. The first kappa shape index (κ1) is 20.7. The van der Waals surface area contributed by atoms with Gasteiger partial charge in [-0.2, -0.15) is 17.4 Å². The van der Waals surface area contributed by atoms with Gasteiger partial charge in [-0.3, -0.25) is 4.79 Å². The number of rotatable bonds is 7. The van der Waals surface area contributed by atoms with E-state index in [1.165, 1.54) is 14.1 Å². The number of amides is 1. The maximum atomic E-state index is 12.8. The van der Waals surface area contributed by atoms with Gasteiger partial charge in [-0.15, -0.1) is 0 Å². The normalized spacial score (nSPS) is 20.8. The first-order valence-corrected chi connectivity index (χ1v) is 10.3. The fraction of sp³-hybridized carbons (Fsp3) is 0.611. The van der Waals surface area contributed by atoms with Gasteiger partial charge in [0.25, 0.3) is 16.1 Å². The molecule has 0 aliphatic carbocycles. The Kier molecular flexibility index (Phi) is 6.65. The lowest BCUT2D eigenvalue weighted by atomic mass is 9.92. The van der Waals surface area contributed by atoms with E-state index in [0.717, 1.165) is 10.1 Å². The van der Waals surface area contributed by atoms with Crippen LogP contribution in [-0.4, -0.2) is 63.4 Å². The van der Waals surface area contributed by atoms with E-state index in [1.54, 1.807) is 29.2 Å². The summed E-state index contributed by atoms with van der Waals surface area (Å²) >= 11 is 0. The predicted molar refractivity (Wildman–Crippen MR) is 101 cm³/mol. The number of carbonyl (C=O) groups excluding carboxylic acids is 1. The highest BCUT2D eigenvalue weighted by Gasteiger charge is 2.39. The van der Waals surface area contributed by atoms with Crippen molar-refractivity contribution in [3.63, 3.8) is 0 Å². The van der Waals surface area contributed by atoms with E-state index in [2.05, 4.69) is 4.72 Å². The van der Waals surface area contributed by atoms with Crippen molar-refractivity contribution in [1.29, 1.82) is 0 Å². The molecule has 146 valence electrons. The summed E-state index contributed by atoms with van der Waals surface area (Å²) in [5.74, 6) is 0.951. The quantitative estimate of drug-likeness (QED) is 0.775. The molecule has 0 unspecified atom stereocenters. The average Bonchev–Trinajstić information content (AvgIpc) is 2.98. The van der Waals surface area contributed by atoms with Gasteiger partial charge in [0.05, 0.1) is 6.61 Å². The molecular formula is C18H29N3O4S. The Bertz CT molecular complexity index is 716. The zero-order valence-corrected chi connectivity index (χ0v) is 16.9. The zero-order chi connectivity index (χ0) is 19.5. The smallest absolute Gasteiger partial charge is 0.279 e. The van der Waals surface area contributed by atoms with Crippen LogP contribution >= 0.6 is 0 Å². The van der Waals surface area contributed by atoms with E-state index in [9.17, 15) is 13.2 Å². The van der Waals surface area contributed by atoms with E-state index >= 15 is 0 Å². The fourth-order valence-corrected chi connectivity index (χ4v) is 3.98. The first-order chi connectivity index (χ1) is 12.2. The van der Waals surface area contributed by atoms with Gasteiger partial charge >= 0.3 is 0 Å². The van der Waals surface area contributed by atoms with Crippen molar-refractivity contribution in [2.75, 3.05) is 33.8 Å². The van der Waals surface area contributed by atoms with Crippen LogP contribution < -0.4 is 9.46 Å². The Morgan fingerprint density at radius 1 is 1.27 bits per heavy atom. The molecule has 0 radical (unpaired) electrons. The Labute approximate surface area is 156 Å². The second-order valence-electron chi connectivity index (χ2n) is 7.09. The van der Waals surface area contributed by atoms with Gasteiger partial charge in [-0.05, 0) is 43.0 Å². The van der Waals surface area contributed by atoms with Crippen molar-refractivity contribution in [3.8, 4) is 5.75 Å². The molecule has 0 aromatic heterocycles. The Morgan fingerprint density at radius 3 is 2.38 bits per heavy atom. The van der Waals surface area contributed by atoms with Crippen LogP contribution in [0.3, 0.4) is 0 Å². The minimum atomic E-state index is -3.54. The first-order valence-electron chi connectivity index (χ1n) is 8.87. The van der Waals surface area contributed by atoms with E-state index in [0.29, 0.717) is 25.3 Å². The molecule has 1 amide bonds. The summed E-state index contributed by atoms with van der Waals surface area (Å²) in [6, 6.07) is 6.75. The molecule has 0 bridgehead atoms. The third kappa shape index (κ3) is 4.75. The average molecular weight is 384 g/mol. The molecule has 1 N–H and O–H groups in total. The lowest BCUT2D eigenvalue weighted by molar-refractivity contribution is 0.0783. The molecule has 26 heavy (non-hydrogen) atoms. The molecule has 1 fully saturated rings. The Balaban J connectivity index is 2.14. The molecule has 2 rings (SSSR count). The number of hydrogen-bond donors (Lipinski definition) is 1. The molecule has 1 aromatic carbocycles. The minimum Gasteiger partial charge on any atom is -0.494 e. The molecule has 1 aliphatic heterocycles. The van der Waals surface area contributed by atoms with Crippen LogP contribution in [0.25, 0.3) is 0 Å². The highest BCUT2D eigenvalue weighted by molar-refractivity contribution is 7.87. The number of nitrogens with zero attached hydrogens (tertiary/aromatic N) is 2. The standard InChI is InChI=1S/C18H29N3O4S/c1-6-25-15-9-7-14(8-10-15)18(22)21-11-16(13(2)3)17(12-21)19-26(23,24)20(4)5/h7-10,13,16-17,19H,6,11-12H2,1-5H3/t16-,17+/m0/s1. The molecule has 0 saturated carbocycles. The molecule has 0 spiro atoms. The van der Waals surface area contributed by atoms with Crippen molar-refractivity contribution in [2.24, 2.45) is 11.8 Å². The SMILES string of the molecule is CCOc1ccc(C(=O)N2C[C@@H](NS(=O)(=O)N(C)C)[C@H](C(C)C)C2)cc1. The lowest BCUT2D eigenvalue weighted by Gasteiger charge is -2.24. The molecule has 1 heterocycles. The highest BCUT2D eigenvalue weighted by atomic mass is 32.2. The monoisotopic (exact) mass is 383 g/mol. The van der Waals surface area contributed by atoms with Crippen LogP contribution in [0.15, 0.2) is 24.3 Å². The molecule has 7 nitrogen and oxygen atoms in total. The van der Waals surface area contributed by atoms with Gasteiger partial charge in [0.2, 0.25) is 0 Å². The Hall–Kier alpha value is -1.64. The number of hydrogen-bond acceptors (Lipinski definition) is 4. The van der Waals surface area contributed by atoms with Crippen molar-refractivity contribution in [3.05, 3.63) is 29.8 Å². The second-order valence-corrected chi connectivity index (χ2v) is 9.00. The van der Waals surface area contributed by atoms with Gasteiger partial charge < -0.3 is 9.64 Å². The maximum Gasteiger partial charge on any atom is 0.279 e. The van der Waals surface area contributed by atoms with Crippen LogP contribution in [0, 0.1) is 11.8 Å². The number of nitrogens with one attached hydrogen (secondary N) is 1. The summed E-state index contributed by atoms with van der Waals surface area (Å²) in [5.41, 5.74) is 0.576. The van der Waals surface area contributed by atoms with Gasteiger partial charge in [0, 0.05) is 38.8 Å². The van der Waals surface area contributed by atoms with Crippen LogP contribution in [0.4, 0.5) is 0 Å². The molecule has 1 saturated heterocycles. The van der Waals surface area contributed by atoms with Crippen LogP contribution in [-0.2, 0) is 10.2 Å². The lowest BCUT2D eigenvalue weighted by Crippen LogP contribution is -2.46. The van der Waals surface area contributed by atoms with Gasteiger partial charge in [-0.1, -0.05) is 13.8 Å². The number of carbonyl (C=O) groups is 1. The van der Waals surface area contributed by atoms with Gasteiger partial charge in [0.15, 0.2) is 0 Å². The summed E-state index contributed by atoms with van der Waals surface area (Å²) in [6.45, 7) is 7.47. The fourth-order valence-electron chi connectivity index (χ4n) is 3.13.